The van der Waals surface area contributed by atoms with E-state index in [0.29, 0.717) is 12.1 Å². The largest absolute Gasteiger partial charge is 0.627 e. The van der Waals surface area contributed by atoms with E-state index in [1.807, 2.05) is 0 Å². The van der Waals surface area contributed by atoms with Crippen LogP contribution in [-0.2, 0) is 9.45 Å². The number of nitrogens with two attached hydrogens (primary N) is 1. The molecule has 0 saturated carbocycles. The molecule has 0 radical (unpaired) electrons. The van der Waals surface area contributed by atoms with Crippen molar-refractivity contribution >= 4 is 23.4 Å². The molecule has 3 nitrogen and oxygen atoms in total. The maximum Gasteiger partial charge on any atom is 0.447 e. The molecule has 1 heterocycles. The van der Waals surface area contributed by atoms with Crippen molar-refractivity contribution in [2.45, 2.75) is 19.9 Å². The molecule has 0 spiro atoms. The fourth-order valence-corrected chi connectivity index (χ4v) is 3.37. The van der Waals surface area contributed by atoms with Crippen molar-refractivity contribution in [3.05, 3.63) is 59.7 Å². The number of halogens is 4. The minimum atomic E-state index is -2.73. The van der Waals surface area contributed by atoms with Crippen LogP contribution < -0.4 is 16.2 Å². The van der Waals surface area contributed by atoms with Crippen LogP contribution in [0, 0.1) is 29.2 Å². The van der Waals surface area contributed by atoms with Crippen LogP contribution in [0.1, 0.15) is 13.8 Å². The van der Waals surface area contributed by atoms with Gasteiger partial charge in [-0.3, -0.25) is 4.79 Å². The van der Waals surface area contributed by atoms with Crippen LogP contribution in [0.25, 0.3) is 0 Å². The molecule has 3 rings (SSSR count). The molecule has 0 bridgehead atoms. The van der Waals surface area contributed by atoms with E-state index in [-0.39, 0.29) is 16.8 Å². The number of hydrogen-bond donors (Lipinski definition) is 1. The summed E-state index contributed by atoms with van der Waals surface area (Å²) in [7, 11) is 0. The molecule has 1 saturated heterocycles. The number of hydrogen-bond acceptors (Lipinski definition) is 2. The zero-order valence-electron chi connectivity index (χ0n) is 13.6. The second-order valence-corrected chi connectivity index (χ2v) is 6.58. The van der Waals surface area contributed by atoms with Gasteiger partial charge in [-0.05, 0) is 12.1 Å². The summed E-state index contributed by atoms with van der Waals surface area (Å²) >= 11 is 0. The fourth-order valence-electron chi connectivity index (χ4n) is 3.37. The van der Waals surface area contributed by atoms with Crippen LogP contribution in [0.15, 0.2) is 36.4 Å². The van der Waals surface area contributed by atoms with E-state index in [4.69, 9.17) is 4.65 Å². The number of carbonyl (C=O) groups excluding carboxylic acids is 1. The van der Waals surface area contributed by atoms with E-state index >= 15 is 0 Å². The molecule has 1 aliphatic heterocycles. The minimum absolute atomic E-state index is 0.150. The smallest absolute Gasteiger partial charge is 0.447 e. The molecule has 0 unspecified atom stereocenters. The van der Waals surface area contributed by atoms with Crippen LogP contribution in [0.5, 0.6) is 0 Å². The molecule has 132 valence electrons. The Hall–Kier alpha value is -2.35. The van der Waals surface area contributed by atoms with Gasteiger partial charge in [0.2, 0.25) is 0 Å². The topological polar surface area (TPSA) is 42.9 Å². The van der Waals surface area contributed by atoms with Crippen LogP contribution in [-0.4, -0.2) is 18.5 Å². The molecule has 2 aromatic carbocycles. The lowest BCUT2D eigenvalue weighted by Gasteiger charge is -2.32. The molecular formula is C17H16BF4NO2. The van der Waals surface area contributed by atoms with Crippen molar-refractivity contribution in [2.75, 3.05) is 0 Å². The zero-order valence-corrected chi connectivity index (χ0v) is 13.6. The summed E-state index contributed by atoms with van der Waals surface area (Å²) in [5.41, 5.74) is -0.299. The molecule has 1 aliphatic rings. The Labute approximate surface area is 142 Å². The summed E-state index contributed by atoms with van der Waals surface area (Å²) in [5.74, 6) is -4.33. The molecule has 1 atom stereocenters. The maximum absolute atomic E-state index is 14.5. The van der Waals surface area contributed by atoms with Crippen LogP contribution in [0.2, 0.25) is 0 Å². The van der Waals surface area contributed by atoms with Gasteiger partial charge in [-0.1, -0.05) is 36.9 Å². The Balaban J connectivity index is 2.24. The van der Waals surface area contributed by atoms with Crippen molar-refractivity contribution in [1.29, 1.82) is 0 Å². The predicted octanol–water partition coefficient (Wildman–Crippen LogP) is 0.944. The Morgan fingerprint density at radius 3 is 1.80 bits per heavy atom. The Morgan fingerprint density at radius 2 is 1.44 bits per heavy atom. The third-order valence-electron chi connectivity index (χ3n) is 4.62. The standard InChI is InChI=1S/C17H16BF4NO2/c1-9(2)16-17(24)25-18(23-16,12-5-3-10(19)7-14(12)21)13-6-4-11(20)8-15(13)22/h3-9,16H,23H2,1-2H3/t16-/m0/s1. The van der Waals surface area contributed by atoms with Gasteiger partial charge in [0.1, 0.15) is 29.3 Å². The SMILES string of the molecule is CC(C)[C@@H]1[NH2+][B-](c2ccc(F)cc2F)(c2ccc(F)cc2F)OC1=O. The van der Waals surface area contributed by atoms with Crippen molar-refractivity contribution in [2.24, 2.45) is 5.92 Å². The van der Waals surface area contributed by atoms with Gasteiger partial charge in [-0.2, -0.15) is 0 Å². The first-order valence-electron chi connectivity index (χ1n) is 7.90. The molecule has 0 aromatic heterocycles. The normalized spacial score (nSPS) is 19.3. The highest BCUT2D eigenvalue weighted by atomic mass is 19.1. The van der Waals surface area contributed by atoms with Gasteiger partial charge in [0.05, 0.1) is 0 Å². The van der Waals surface area contributed by atoms with Gasteiger partial charge in [0.15, 0.2) is 0 Å². The summed E-state index contributed by atoms with van der Waals surface area (Å²) in [6, 6.07) is 4.87. The van der Waals surface area contributed by atoms with E-state index in [1.165, 1.54) is 5.23 Å². The van der Waals surface area contributed by atoms with E-state index in [1.54, 1.807) is 13.8 Å². The highest BCUT2D eigenvalue weighted by Gasteiger charge is 2.53. The maximum atomic E-state index is 14.5. The second kappa shape index (κ2) is 6.18. The molecule has 2 N–H and O–H groups in total. The van der Waals surface area contributed by atoms with Crippen LogP contribution >= 0.6 is 0 Å². The zero-order chi connectivity index (χ0) is 18.4. The Bertz CT molecular complexity index is 792. The molecule has 0 amide bonds. The summed E-state index contributed by atoms with van der Waals surface area (Å²) in [6.45, 7) is 0.816. The molecule has 8 heteroatoms. The van der Waals surface area contributed by atoms with Gasteiger partial charge >= 0.3 is 12.5 Å². The van der Waals surface area contributed by atoms with Crippen LogP contribution in [0.4, 0.5) is 17.6 Å². The van der Waals surface area contributed by atoms with Gasteiger partial charge in [0, 0.05) is 18.1 Å². The first-order chi connectivity index (χ1) is 11.7. The van der Waals surface area contributed by atoms with Gasteiger partial charge in [-0.15, -0.1) is 0 Å². The van der Waals surface area contributed by atoms with Gasteiger partial charge in [-0.25, -0.2) is 17.6 Å². The average Bonchev–Trinajstić information content (AvgIpc) is 2.85. The summed E-state index contributed by atoms with van der Waals surface area (Å²) in [6.07, 6.45) is 0. The third-order valence-corrected chi connectivity index (χ3v) is 4.62. The Morgan fingerprint density at radius 1 is 0.960 bits per heavy atom. The quantitative estimate of drug-likeness (QED) is 0.660. The lowest BCUT2D eigenvalue weighted by Crippen LogP contribution is -3.08. The number of benzene rings is 2. The van der Waals surface area contributed by atoms with Gasteiger partial charge in [0.25, 0.3) is 0 Å². The fraction of sp³-hybridized carbons (Fsp3) is 0.235. The van der Waals surface area contributed by atoms with E-state index in [9.17, 15) is 22.4 Å². The third kappa shape index (κ3) is 2.91. The lowest BCUT2D eigenvalue weighted by molar-refractivity contribution is -0.556. The van der Waals surface area contributed by atoms with E-state index in [2.05, 4.69) is 0 Å². The summed E-state index contributed by atoms with van der Waals surface area (Å²) in [4.78, 5) is 12.3. The first kappa shape index (κ1) is 17.5. The lowest BCUT2D eigenvalue weighted by atomic mass is 9.42. The molecule has 1 fully saturated rings. The minimum Gasteiger partial charge on any atom is -0.627 e. The van der Waals surface area contributed by atoms with Gasteiger partial charge < -0.3 is 9.88 Å². The highest BCUT2D eigenvalue weighted by Crippen LogP contribution is 2.16. The van der Waals surface area contributed by atoms with E-state index < -0.39 is 41.8 Å². The second-order valence-electron chi connectivity index (χ2n) is 6.58. The number of quaternary nitrogens is 1. The monoisotopic (exact) mass is 353 g/mol. The van der Waals surface area contributed by atoms with Crippen molar-refractivity contribution in [3.63, 3.8) is 0 Å². The van der Waals surface area contributed by atoms with Crippen LogP contribution in [0.3, 0.4) is 0 Å². The molecular weight excluding hydrogens is 337 g/mol. The summed E-state index contributed by atoms with van der Waals surface area (Å²) < 4.78 is 61.0. The molecule has 0 aliphatic carbocycles. The van der Waals surface area contributed by atoms with E-state index in [0.717, 1.165) is 24.3 Å². The average molecular weight is 353 g/mol. The highest BCUT2D eigenvalue weighted by molar-refractivity contribution is 6.92. The van der Waals surface area contributed by atoms with Crippen molar-refractivity contribution in [1.82, 2.24) is 0 Å². The summed E-state index contributed by atoms with van der Waals surface area (Å²) in [5, 5.41) is 1.46. The molecule has 25 heavy (non-hydrogen) atoms. The first-order valence-corrected chi connectivity index (χ1v) is 7.90. The molecule has 2 aromatic rings. The Kier molecular flexibility index (Phi) is 4.32. The van der Waals surface area contributed by atoms with Crippen molar-refractivity contribution in [3.8, 4) is 0 Å². The predicted molar refractivity (Wildman–Crippen MR) is 84.4 cm³/mol. The number of rotatable bonds is 3. The number of carbonyl (C=O) groups is 1. The van der Waals surface area contributed by atoms with Crippen molar-refractivity contribution < 1.29 is 32.2 Å².